The van der Waals surface area contributed by atoms with Gasteiger partial charge in [-0.25, -0.2) is 0 Å². The fraction of sp³-hybridized carbons (Fsp3) is 0.368. The largest absolute Gasteiger partial charge is 0.113 e. The standard InChI is InChI=1S/C19H22Cl2/c1-10-9-16(7-8-17(10)20)19(21)18-14(5)12(3)11(2)13(4)15(18)6/h7-9,19H,1-6H3. The van der Waals surface area contributed by atoms with Gasteiger partial charge in [0.2, 0.25) is 0 Å². The summed E-state index contributed by atoms with van der Waals surface area (Å²) in [5.41, 5.74) is 10.0. The minimum atomic E-state index is -0.140. The first-order valence-electron chi connectivity index (χ1n) is 7.22. The van der Waals surface area contributed by atoms with Gasteiger partial charge in [-0.15, -0.1) is 11.6 Å². The van der Waals surface area contributed by atoms with Crippen molar-refractivity contribution < 1.29 is 0 Å². The lowest BCUT2D eigenvalue weighted by molar-refractivity contribution is 1.03. The van der Waals surface area contributed by atoms with E-state index in [4.69, 9.17) is 23.2 Å². The van der Waals surface area contributed by atoms with Crippen LogP contribution in [-0.2, 0) is 0 Å². The Morgan fingerprint density at radius 1 is 0.762 bits per heavy atom. The van der Waals surface area contributed by atoms with Gasteiger partial charge >= 0.3 is 0 Å². The summed E-state index contributed by atoms with van der Waals surface area (Å²) in [4.78, 5) is 0. The molecule has 0 radical (unpaired) electrons. The van der Waals surface area contributed by atoms with Crippen LogP contribution in [0, 0.1) is 41.5 Å². The maximum absolute atomic E-state index is 6.82. The molecule has 0 aliphatic carbocycles. The number of hydrogen-bond acceptors (Lipinski definition) is 0. The zero-order valence-corrected chi connectivity index (χ0v) is 15.1. The molecule has 0 aliphatic heterocycles. The summed E-state index contributed by atoms with van der Waals surface area (Å²) in [6.45, 7) is 12.9. The molecule has 0 aromatic heterocycles. The highest BCUT2D eigenvalue weighted by Gasteiger charge is 2.20. The van der Waals surface area contributed by atoms with Gasteiger partial charge in [-0.05, 0) is 92.1 Å². The fourth-order valence-electron chi connectivity index (χ4n) is 2.90. The van der Waals surface area contributed by atoms with Crippen molar-refractivity contribution in [1.29, 1.82) is 0 Å². The molecule has 0 spiro atoms. The van der Waals surface area contributed by atoms with Crippen LogP contribution in [0.1, 0.15) is 49.9 Å². The van der Waals surface area contributed by atoms with Crippen molar-refractivity contribution in [2.45, 2.75) is 46.9 Å². The molecule has 0 N–H and O–H groups in total. The molecule has 2 heteroatoms. The second kappa shape index (κ2) is 6.02. The molecule has 0 saturated carbocycles. The van der Waals surface area contributed by atoms with Gasteiger partial charge in [-0.3, -0.25) is 0 Å². The van der Waals surface area contributed by atoms with Crippen molar-refractivity contribution in [3.8, 4) is 0 Å². The Hall–Kier alpha value is -0.980. The van der Waals surface area contributed by atoms with E-state index in [0.717, 1.165) is 16.1 Å². The molecule has 0 saturated heterocycles. The normalized spacial score (nSPS) is 12.6. The SMILES string of the molecule is Cc1cc(C(Cl)c2c(C)c(C)c(C)c(C)c2C)ccc1Cl. The number of alkyl halides is 1. The number of hydrogen-bond donors (Lipinski definition) is 0. The van der Waals surface area contributed by atoms with E-state index in [2.05, 4.69) is 40.7 Å². The topological polar surface area (TPSA) is 0 Å². The highest BCUT2D eigenvalue weighted by molar-refractivity contribution is 6.31. The second-order valence-corrected chi connectivity index (χ2v) is 6.75. The highest BCUT2D eigenvalue weighted by Crippen LogP contribution is 2.38. The van der Waals surface area contributed by atoms with Gasteiger partial charge in [0.05, 0.1) is 5.38 Å². The predicted molar refractivity (Wildman–Crippen MR) is 94.0 cm³/mol. The number of halogens is 2. The average Bonchev–Trinajstić information content (AvgIpc) is 2.46. The summed E-state index contributed by atoms with van der Waals surface area (Å²) in [7, 11) is 0. The lowest BCUT2D eigenvalue weighted by atomic mass is 9.86. The van der Waals surface area contributed by atoms with Gasteiger partial charge in [-0.1, -0.05) is 23.7 Å². The quantitative estimate of drug-likeness (QED) is 0.552. The van der Waals surface area contributed by atoms with Crippen LogP contribution in [0.4, 0.5) is 0 Å². The van der Waals surface area contributed by atoms with Crippen LogP contribution in [0.15, 0.2) is 18.2 Å². The Bertz CT molecular complexity index is 670. The van der Waals surface area contributed by atoms with E-state index >= 15 is 0 Å². The molecule has 1 atom stereocenters. The summed E-state index contributed by atoms with van der Waals surface area (Å²) < 4.78 is 0. The molecule has 0 heterocycles. The van der Waals surface area contributed by atoms with Crippen LogP contribution >= 0.6 is 23.2 Å². The summed E-state index contributed by atoms with van der Waals surface area (Å²) in [6.07, 6.45) is 0. The minimum Gasteiger partial charge on any atom is -0.113 e. The van der Waals surface area contributed by atoms with Crippen molar-refractivity contribution in [3.05, 3.63) is 67.7 Å². The number of aryl methyl sites for hydroxylation is 1. The molecule has 0 amide bonds. The lowest BCUT2D eigenvalue weighted by Gasteiger charge is -2.22. The third-order valence-electron chi connectivity index (χ3n) is 4.79. The average molecular weight is 321 g/mol. The molecule has 21 heavy (non-hydrogen) atoms. The molecule has 0 fully saturated rings. The fourth-order valence-corrected chi connectivity index (χ4v) is 3.48. The monoisotopic (exact) mass is 320 g/mol. The highest BCUT2D eigenvalue weighted by atomic mass is 35.5. The van der Waals surface area contributed by atoms with Gasteiger partial charge in [0.25, 0.3) is 0 Å². The molecule has 0 aliphatic rings. The maximum atomic E-state index is 6.82. The molecule has 0 bridgehead atoms. The van der Waals surface area contributed by atoms with E-state index in [0.29, 0.717) is 0 Å². The van der Waals surface area contributed by atoms with Gasteiger partial charge in [0.15, 0.2) is 0 Å². The van der Waals surface area contributed by atoms with Crippen molar-refractivity contribution >= 4 is 23.2 Å². The Kier molecular flexibility index (Phi) is 4.70. The Labute approximate surface area is 138 Å². The minimum absolute atomic E-state index is 0.140. The smallest absolute Gasteiger partial charge is 0.0840 e. The molecule has 2 aromatic rings. The Morgan fingerprint density at radius 3 is 1.71 bits per heavy atom. The first-order chi connectivity index (χ1) is 9.75. The van der Waals surface area contributed by atoms with Crippen LogP contribution in [0.5, 0.6) is 0 Å². The van der Waals surface area contributed by atoms with Crippen LogP contribution in [0.2, 0.25) is 5.02 Å². The maximum Gasteiger partial charge on any atom is 0.0840 e. The van der Waals surface area contributed by atoms with Crippen molar-refractivity contribution in [1.82, 2.24) is 0 Å². The second-order valence-electron chi connectivity index (χ2n) is 5.91. The molecule has 2 aromatic carbocycles. The summed E-state index contributed by atoms with van der Waals surface area (Å²) >= 11 is 12.9. The van der Waals surface area contributed by atoms with Crippen LogP contribution in [0.25, 0.3) is 0 Å². The summed E-state index contributed by atoms with van der Waals surface area (Å²) in [5.74, 6) is 0. The molecular weight excluding hydrogens is 299 g/mol. The van der Waals surface area contributed by atoms with Crippen LogP contribution < -0.4 is 0 Å². The van der Waals surface area contributed by atoms with E-state index in [9.17, 15) is 0 Å². The van der Waals surface area contributed by atoms with Crippen molar-refractivity contribution in [2.24, 2.45) is 0 Å². The van der Waals surface area contributed by atoms with E-state index in [-0.39, 0.29) is 5.38 Å². The summed E-state index contributed by atoms with van der Waals surface area (Å²) in [6, 6.07) is 6.04. The third kappa shape index (κ3) is 2.84. The van der Waals surface area contributed by atoms with E-state index in [1.165, 1.54) is 33.4 Å². The molecule has 0 nitrogen and oxygen atoms in total. The predicted octanol–water partition coefficient (Wildman–Crippen LogP) is 6.52. The molecule has 112 valence electrons. The molecular formula is C19H22Cl2. The lowest BCUT2D eigenvalue weighted by Crippen LogP contribution is -2.06. The van der Waals surface area contributed by atoms with Gasteiger partial charge in [0.1, 0.15) is 0 Å². The van der Waals surface area contributed by atoms with Crippen LogP contribution in [-0.4, -0.2) is 0 Å². The van der Waals surface area contributed by atoms with Crippen molar-refractivity contribution in [3.63, 3.8) is 0 Å². The Morgan fingerprint density at radius 2 is 1.24 bits per heavy atom. The molecule has 2 rings (SSSR count). The third-order valence-corrected chi connectivity index (χ3v) is 5.68. The zero-order valence-electron chi connectivity index (χ0n) is 13.6. The van der Waals surface area contributed by atoms with Gasteiger partial charge in [0, 0.05) is 5.02 Å². The number of benzene rings is 2. The molecule has 1 unspecified atom stereocenters. The first-order valence-corrected chi connectivity index (χ1v) is 8.04. The number of rotatable bonds is 2. The van der Waals surface area contributed by atoms with E-state index in [1.54, 1.807) is 0 Å². The summed E-state index contributed by atoms with van der Waals surface area (Å²) in [5, 5.41) is 0.645. The Balaban J connectivity index is 2.63. The van der Waals surface area contributed by atoms with E-state index < -0.39 is 0 Å². The van der Waals surface area contributed by atoms with E-state index in [1.807, 2.05) is 19.1 Å². The zero-order chi connectivity index (χ0) is 15.9. The van der Waals surface area contributed by atoms with Crippen molar-refractivity contribution in [2.75, 3.05) is 0 Å². The first kappa shape index (κ1) is 16.4. The van der Waals surface area contributed by atoms with Crippen LogP contribution in [0.3, 0.4) is 0 Å². The van der Waals surface area contributed by atoms with Gasteiger partial charge < -0.3 is 0 Å². The van der Waals surface area contributed by atoms with Gasteiger partial charge in [-0.2, -0.15) is 0 Å².